The third-order valence-electron chi connectivity index (χ3n) is 3.76. The summed E-state index contributed by atoms with van der Waals surface area (Å²) in [5.41, 5.74) is 2.38. The van der Waals surface area contributed by atoms with Crippen molar-refractivity contribution in [1.29, 1.82) is 5.26 Å². The van der Waals surface area contributed by atoms with Gasteiger partial charge in [0.05, 0.1) is 0 Å². The number of benzene rings is 2. The molecule has 0 aliphatic rings. The van der Waals surface area contributed by atoms with E-state index >= 15 is 0 Å². The molecule has 24 heavy (non-hydrogen) atoms. The fourth-order valence-electron chi connectivity index (χ4n) is 2.47. The highest BCUT2D eigenvalue weighted by molar-refractivity contribution is 8.01. The minimum absolute atomic E-state index is 0.512. The molecule has 0 amide bonds. The van der Waals surface area contributed by atoms with Gasteiger partial charge in [0.2, 0.25) is 0 Å². The lowest BCUT2D eigenvalue weighted by Gasteiger charge is -2.13. The molecular formula is C19H17N3S2. The summed E-state index contributed by atoms with van der Waals surface area (Å²) in [5.74, 6) is 0. The van der Waals surface area contributed by atoms with Crippen LogP contribution in [-0.4, -0.2) is 14.1 Å². The highest BCUT2D eigenvalue weighted by Gasteiger charge is 2.05. The standard InChI is InChI=1S/C19H17N3S2/c1-22(2)16-6-5-13-9-15(4-3-14(13)10-16)19-8-7-17(23-19)11-18(12-20)24-21/h3-11H,21H2,1-2H3/b18-11+. The van der Waals surface area contributed by atoms with Gasteiger partial charge in [0.15, 0.2) is 0 Å². The van der Waals surface area contributed by atoms with Crippen molar-refractivity contribution < 1.29 is 0 Å². The number of rotatable bonds is 4. The van der Waals surface area contributed by atoms with Gasteiger partial charge < -0.3 is 4.90 Å². The van der Waals surface area contributed by atoms with Crippen molar-refractivity contribution in [3.63, 3.8) is 0 Å². The smallest absolute Gasteiger partial charge is 0.108 e. The van der Waals surface area contributed by atoms with Crippen molar-refractivity contribution in [1.82, 2.24) is 0 Å². The lowest BCUT2D eigenvalue weighted by molar-refractivity contribution is 1.14. The Kier molecular flexibility index (Phi) is 4.91. The molecule has 120 valence electrons. The summed E-state index contributed by atoms with van der Waals surface area (Å²) >= 11 is 2.64. The van der Waals surface area contributed by atoms with Crippen LogP contribution in [0.5, 0.6) is 0 Å². The highest BCUT2D eigenvalue weighted by Crippen LogP contribution is 2.32. The Morgan fingerprint density at radius 2 is 1.88 bits per heavy atom. The van der Waals surface area contributed by atoms with Crippen LogP contribution in [0.15, 0.2) is 53.4 Å². The van der Waals surface area contributed by atoms with E-state index in [2.05, 4.69) is 53.4 Å². The van der Waals surface area contributed by atoms with E-state index in [0.717, 1.165) is 16.8 Å². The molecule has 0 aliphatic carbocycles. The maximum atomic E-state index is 8.97. The minimum Gasteiger partial charge on any atom is -0.378 e. The summed E-state index contributed by atoms with van der Waals surface area (Å²) < 4.78 is 0. The number of hydrogen-bond donors (Lipinski definition) is 1. The maximum Gasteiger partial charge on any atom is 0.108 e. The first-order valence-corrected chi connectivity index (χ1v) is 9.10. The van der Waals surface area contributed by atoms with Gasteiger partial charge in [-0.2, -0.15) is 5.26 Å². The number of nitrogens with zero attached hydrogens (tertiary/aromatic N) is 2. The monoisotopic (exact) mass is 351 g/mol. The predicted molar refractivity (Wildman–Crippen MR) is 107 cm³/mol. The molecule has 0 atom stereocenters. The van der Waals surface area contributed by atoms with Crippen LogP contribution >= 0.6 is 23.3 Å². The van der Waals surface area contributed by atoms with E-state index in [9.17, 15) is 0 Å². The molecule has 0 bridgehead atoms. The molecule has 5 heteroatoms. The van der Waals surface area contributed by atoms with Gasteiger partial charge in [0.1, 0.15) is 11.0 Å². The zero-order valence-corrected chi connectivity index (χ0v) is 15.1. The van der Waals surface area contributed by atoms with E-state index in [1.165, 1.54) is 26.9 Å². The average Bonchev–Trinajstić information content (AvgIpc) is 3.07. The molecule has 3 rings (SSSR count). The average molecular weight is 352 g/mol. The minimum atomic E-state index is 0.512. The quantitative estimate of drug-likeness (QED) is 0.524. The summed E-state index contributed by atoms with van der Waals surface area (Å²) in [6, 6.07) is 19.2. The fraction of sp³-hybridized carbons (Fsp3) is 0.105. The molecule has 3 nitrogen and oxygen atoms in total. The molecule has 0 radical (unpaired) electrons. The second-order valence-corrected chi connectivity index (χ2v) is 7.37. The second-order valence-electron chi connectivity index (χ2n) is 5.58. The van der Waals surface area contributed by atoms with Crippen molar-refractivity contribution in [3.05, 3.63) is 58.3 Å². The van der Waals surface area contributed by atoms with E-state index in [1.54, 1.807) is 11.3 Å². The summed E-state index contributed by atoms with van der Waals surface area (Å²) in [6.07, 6.45) is 1.82. The SMILES string of the molecule is CN(C)c1ccc2cc(-c3ccc(/C=C(\C#N)SN)s3)ccc2c1. The lowest BCUT2D eigenvalue weighted by atomic mass is 10.1. The van der Waals surface area contributed by atoms with Gasteiger partial charge in [-0.15, -0.1) is 11.3 Å². The first-order valence-electron chi connectivity index (χ1n) is 7.40. The predicted octanol–water partition coefficient (Wildman–Crippen LogP) is 5.11. The molecule has 2 aromatic carbocycles. The second kappa shape index (κ2) is 7.10. The molecule has 0 fully saturated rings. The van der Waals surface area contributed by atoms with Crippen molar-refractivity contribution in [2.45, 2.75) is 0 Å². The van der Waals surface area contributed by atoms with Gasteiger partial charge >= 0.3 is 0 Å². The number of thiophene rings is 1. The Bertz CT molecular complexity index is 949. The van der Waals surface area contributed by atoms with Crippen LogP contribution in [0.1, 0.15) is 4.88 Å². The molecule has 0 unspecified atom stereocenters. The number of allylic oxidation sites excluding steroid dienone is 1. The lowest BCUT2D eigenvalue weighted by Crippen LogP contribution is -2.07. The molecule has 1 aromatic heterocycles. The van der Waals surface area contributed by atoms with Crippen molar-refractivity contribution in [3.8, 4) is 16.5 Å². The number of nitriles is 1. The van der Waals surface area contributed by atoms with E-state index < -0.39 is 0 Å². The zero-order valence-electron chi connectivity index (χ0n) is 13.5. The van der Waals surface area contributed by atoms with Crippen LogP contribution in [0.25, 0.3) is 27.3 Å². The molecule has 0 aliphatic heterocycles. The van der Waals surface area contributed by atoms with Gasteiger partial charge in [-0.05, 0) is 64.7 Å². The zero-order chi connectivity index (χ0) is 17.1. The molecule has 0 saturated carbocycles. The maximum absolute atomic E-state index is 8.97. The van der Waals surface area contributed by atoms with Gasteiger partial charge in [-0.3, -0.25) is 5.14 Å². The molecule has 0 spiro atoms. The Morgan fingerprint density at radius 3 is 2.58 bits per heavy atom. The number of fused-ring (bicyclic) bond motifs is 1. The Hall–Kier alpha value is -2.26. The van der Waals surface area contributed by atoms with E-state index in [0.29, 0.717) is 4.91 Å². The van der Waals surface area contributed by atoms with Crippen molar-refractivity contribution in [2.24, 2.45) is 5.14 Å². The fourth-order valence-corrected chi connectivity index (χ4v) is 3.74. The first-order chi connectivity index (χ1) is 11.6. The summed E-state index contributed by atoms with van der Waals surface area (Å²) in [4.78, 5) is 4.83. The van der Waals surface area contributed by atoms with Crippen LogP contribution in [0, 0.1) is 11.3 Å². The van der Waals surface area contributed by atoms with Gasteiger partial charge in [0.25, 0.3) is 0 Å². The molecule has 0 saturated heterocycles. The van der Waals surface area contributed by atoms with Gasteiger partial charge in [0, 0.05) is 29.5 Å². The van der Waals surface area contributed by atoms with Crippen molar-refractivity contribution in [2.75, 3.05) is 19.0 Å². The molecule has 2 N–H and O–H groups in total. The van der Waals surface area contributed by atoms with Crippen LogP contribution in [0.4, 0.5) is 5.69 Å². The largest absolute Gasteiger partial charge is 0.378 e. The third kappa shape index (κ3) is 3.46. The van der Waals surface area contributed by atoms with Gasteiger partial charge in [-0.25, -0.2) is 0 Å². The molecule has 1 heterocycles. The summed E-state index contributed by atoms with van der Waals surface area (Å²) in [5, 5.41) is 16.9. The molecular weight excluding hydrogens is 334 g/mol. The summed E-state index contributed by atoms with van der Waals surface area (Å²) in [7, 11) is 4.09. The highest BCUT2D eigenvalue weighted by atomic mass is 32.2. The van der Waals surface area contributed by atoms with Crippen LogP contribution in [0.2, 0.25) is 0 Å². The van der Waals surface area contributed by atoms with Crippen LogP contribution < -0.4 is 10.0 Å². The van der Waals surface area contributed by atoms with Crippen LogP contribution in [0.3, 0.4) is 0 Å². The number of anilines is 1. The first kappa shape index (κ1) is 16.6. The normalized spacial score (nSPS) is 11.5. The van der Waals surface area contributed by atoms with Crippen LogP contribution in [-0.2, 0) is 0 Å². The topological polar surface area (TPSA) is 53.0 Å². The van der Waals surface area contributed by atoms with Gasteiger partial charge in [-0.1, -0.05) is 18.2 Å². The number of nitrogens with two attached hydrogens (primary N) is 1. The van der Waals surface area contributed by atoms with Crippen molar-refractivity contribution >= 4 is 45.8 Å². The Morgan fingerprint density at radius 1 is 1.12 bits per heavy atom. The third-order valence-corrected chi connectivity index (χ3v) is 5.31. The van der Waals surface area contributed by atoms with E-state index in [4.69, 9.17) is 10.4 Å². The van der Waals surface area contributed by atoms with E-state index in [-0.39, 0.29) is 0 Å². The Balaban J connectivity index is 1.96. The van der Waals surface area contributed by atoms with E-state index in [1.807, 2.05) is 26.2 Å². The Labute approximate surface area is 150 Å². The number of hydrogen-bond acceptors (Lipinski definition) is 5. The summed E-state index contributed by atoms with van der Waals surface area (Å²) in [6.45, 7) is 0. The molecule has 3 aromatic rings.